The van der Waals surface area contributed by atoms with Gasteiger partial charge in [0.1, 0.15) is 0 Å². The highest BCUT2D eigenvalue weighted by molar-refractivity contribution is 6.36. The maximum absolute atomic E-state index is 12.0. The number of rotatable bonds is 6. The highest BCUT2D eigenvalue weighted by Crippen LogP contribution is 2.38. The van der Waals surface area contributed by atoms with E-state index in [2.05, 4.69) is 24.4 Å². The molecular formula is C26H25Cl2NO. The first-order chi connectivity index (χ1) is 14.4. The summed E-state index contributed by atoms with van der Waals surface area (Å²) in [6, 6.07) is 23.8. The molecule has 0 aliphatic carbocycles. The van der Waals surface area contributed by atoms with Crippen LogP contribution in [0.25, 0.3) is 11.1 Å². The third-order valence-electron chi connectivity index (χ3n) is 4.94. The molecule has 3 aromatic carbocycles. The summed E-state index contributed by atoms with van der Waals surface area (Å²) >= 11 is 12.7. The number of halogens is 2. The molecule has 1 amide bonds. The van der Waals surface area contributed by atoms with E-state index in [1.165, 1.54) is 0 Å². The fourth-order valence-corrected chi connectivity index (χ4v) is 3.89. The van der Waals surface area contributed by atoms with E-state index in [0.29, 0.717) is 10.0 Å². The van der Waals surface area contributed by atoms with Gasteiger partial charge in [0.2, 0.25) is 5.91 Å². The Morgan fingerprint density at radius 3 is 2.10 bits per heavy atom. The molecule has 1 N–H and O–H groups in total. The molecule has 0 aliphatic heterocycles. The molecule has 0 atom stereocenters. The summed E-state index contributed by atoms with van der Waals surface area (Å²) in [5.41, 5.74) is 6.18. The average molecular weight is 438 g/mol. The Morgan fingerprint density at radius 1 is 0.900 bits per heavy atom. The SMILES string of the molecule is CC/C(=C(\c1ccccc1)c1ccc(NC(=O)C(C)C)cc1)c1ccc(Cl)cc1Cl. The maximum Gasteiger partial charge on any atom is 0.226 e. The van der Waals surface area contributed by atoms with E-state index < -0.39 is 0 Å². The van der Waals surface area contributed by atoms with Gasteiger partial charge in [-0.2, -0.15) is 0 Å². The molecule has 0 spiro atoms. The molecule has 0 saturated carbocycles. The molecule has 154 valence electrons. The van der Waals surface area contributed by atoms with Crippen LogP contribution >= 0.6 is 23.2 Å². The van der Waals surface area contributed by atoms with Gasteiger partial charge in [0.05, 0.1) is 0 Å². The van der Waals surface area contributed by atoms with E-state index in [1.54, 1.807) is 6.07 Å². The second-order valence-corrected chi connectivity index (χ2v) is 8.26. The predicted octanol–water partition coefficient (Wildman–Crippen LogP) is 7.96. The summed E-state index contributed by atoms with van der Waals surface area (Å²) < 4.78 is 0. The molecule has 0 heterocycles. The number of benzene rings is 3. The zero-order chi connectivity index (χ0) is 21.7. The second-order valence-electron chi connectivity index (χ2n) is 7.42. The third kappa shape index (κ3) is 5.13. The van der Waals surface area contributed by atoms with Gasteiger partial charge in [-0.1, -0.05) is 92.5 Å². The van der Waals surface area contributed by atoms with Crippen LogP contribution in [0, 0.1) is 5.92 Å². The number of hydrogen-bond acceptors (Lipinski definition) is 1. The highest BCUT2D eigenvalue weighted by Gasteiger charge is 2.16. The van der Waals surface area contributed by atoms with Gasteiger partial charge in [-0.15, -0.1) is 0 Å². The summed E-state index contributed by atoms with van der Waals surface area (Å²) in [4.78, 5) is 12.0. The standard InChI is InChI=1S/C26H25Cl2NO/c1-4-22(23-15-12-20(27)16-24(23)28)25(18-8-6-5-7-9-18)19-10-13-21(14-11-19)29-26(30)17(2)3/h5-17H,4H2,1-3H3,(H,29,30)/b25-22-. The lowest BCUT2D eigenvalue weighted by Gasteiger charge is -2.18. The van der Waals surface area contributed by atoms with Crippen LogP contribution in [0.15, 0.2) is 72.8 Å². The zero-order valence-electron chi connectivity index (χ0n) is 17.4. The quantitative estimate of drug-likeness (QED) is 0.389. The summed E-state index contributed by atoms with van der Waals surface area (Å²) in [6.45, 7) is 5.88. The van der Waals surface area contributed by atoms with Gasteiger partial charge in [-0.3, -0.25) is 4.79 Å². The van der Waals surface area contributed by atoms with Crippen molar-refractivity contribution in [1.82, 2.24) is 0 Å². The Morgan fingerprint density at radius 2 is 1.53 bits per heavy atom. The van der Waals surface area contributed by atoms with Crippen molar-refractivity contribution in [2.24, 2.45) is 5.92 Å². The van der Waals surface area contributed by atoms with E-state index in [9.17, 15) is 4.79 Å². The molecule has 0 radical (unpaired) electrons. The lowest BCUT2D eigenvalue weighted by Crippen LogP contribution is -2.17. The predicted molar refractivity (Wildman–Crippen MR) is 129 cm³/mol. The van der Waals surface area contributed by atoms with Crippen LogP contribution in [0.3, 0.4) is 0 Å². The average Bonchev–Trinajstić information content (AvgIpc) is 2.74. The van der Waals surface area contributed by atoms with Gasteiger partial charge in [0, 0.05) is 21.7 Å². The first-order valence-electron chi connectivity index (χ1n) is 10.1. The Balaban J connectivity index is 2.14. The van der Waals surface area contributed by atoms with Crippen LogP contribution in [0.1, 0.15) is 43.9 Å². The minimum absolute atomic E-state index is 0.00349. The number of allylic oxidation sites excluding steroid dienone is 1. The Bertz CT molecular complexity index is 1050. The molecular weight excluding hydrogens is 413 g/mol. The minimum atomic E-state index is -0.0665. The molecule has 0 unspecified atom stereocenters. The number of amides is 1. The van der Waals surface area contributed by atoms with E-state index in [4.69, 9.17) is 23.2 Å². The molecule has 30 heavy (non-hydrogen) atoms. The molecule has 4 heteroatoms. The lowest BCUT2D eigenvalue weighted by molar-refractivity contribution is -0.118. The molecule has 2 nitrogen and oxygen atoms in total. The van der Waals surface area contributed by atoms with Crippen molar-refractivity contribution < 1.29 is 4.79 Å². The normalized spacial score (nSPS) is 11.9. The van der Waals surface area contributed by atoms with E-state index in [1.807, 2.05) is 68.4 Å². The molecule has 0 saturated heterocycles. The number of carbonyl (C=O) groups is 1. The molecule has 3 aromatic rings. The van der Waals surface area contributed by atoms with Crippen molar-refractivity contribution in [3.63, 3.8) is 0 Å². The Labute approximate surface area is 188 Å². The van der Waals surface area contributed by atoms with Crippen LogP contribution in [0.4, 0.5) is 5.69 Å². The van der Waals surface area contributed by atoms with Crippen LogP contribution in [-0.2, 0) is 4.79 Å². The summed E-state index contributed by atoms with van der Waals surface area (Å²) in [5, 5.41) is 4.20. The molecule has 0 fully saturated rings. The fourth-order valence-electron chi connectivity index (χ4n) is 3.36. The van der Waals surface area contributed by atoms with Crippen molar-refractivity contribution >= 4 is 45.9 Å². The lowest BCUT2D eigenvalue weighted by atomic mass is 9.88. The first-order valence-corrected chi connectivity index (χ1v) is 10.8. The van der Waals surface area contributed by atoms with Gasteiger partial charge in [-0.25, -0.2) is 0 Å². The highest BCUT2D eigenvalue weighted by atomic mass is 35.5. The Hall–Kier alpha value is -2.55. The van der Waals surface area contributed by atoms with Gasteiger partial charge in [-0.05, 0) is 58.5 Å². The second kappa shape index (κ2) is 9.97. The van der Waals surface area contributed by atoms with Crippen LogP contribution in [0.2, 0.25) is 10.0 Å². The summed E-state index contributed by atoms with van der Waals surface area (Å²) in [7, 11) is 0. The van der Waals surface area contributed by atoms with E-state index in [0.717, 1.165) is 39.9 Å². The molecule has 0 aliphatic rings. The van der Waals surface area contributed by atoms with Gasteiger partial charge in [0.25, 0.3) is 0 Å². The summed E-state index contributed by atoms with van der Waals surface area (Å²) in [6.07, 6.45) is 0.803. The van der Waals surface area contributed by atoms with Crippen molar-refractivity contribution in [3.05, 3.63) is 99.5 Å². The Kier molecular flexibility index (Phi) is 7.36. The van der Waals surface area contributed by atoms with Crippen LogP contribution in [0.5, 0.6) is 0 Å². The number of carbonyl (C=O) groups excluding carboxylic acids is 1. The molecule has 3 rings (SSSR count). The molecule has 0 aromatic heterocycles. The largest absolute Gasteiger partial charge is 0.326 e. The number of anilines is 1. The zero-order valence-corrected chi connectivity index (χ0v) is 18.9. The van der Waals surface area contributed by atoms with E-state index in [-0.39, 0.29) is 11.8 Å². The monoisotopic (exact) mass is 437 g/mol. The topological polar surface area (TPSA) is 29.1 Å². The minimum Gasteiger partial charge on any atom is -0.326 e. The van der Waals surface area contributed by atoms with Crippen molar-refractivity contribution in [3.8, 4) is 0 Å². The van der Waals surface area contributed by atoms with Gasteiger partial charge >= 0.3 is 0 Å². The van der Waals surface area contributed by atoms with Crippen LogP contribution < -0.4 is 5.32 Å². The maximum atomic E-state index is 12.0. The third-order valence-corrected chi connectivity index (χ3v) is 5.49. The summed E-state index contributed by atoms with van der Waals surface area (Å²) in [5.74, 6) is -0.0630. The van der Waals surface area contributed by atoms with Crippen molar-refractivity contribution in [2.45, 2.75) is 27.2 Å². The molecule has 0 bridgehead atoms. The fraction of sp³-hybridized carbons (Fsp3) is 0.192. The number of hydrogen-bond donors (Lipinski definition) is 1. The van der Waals surface area contributed by atoms with Crippen LogP contribution in [-0.4, -0.2) is 5.91 Å². The number of nitrogens with one attached hydrogen (secondary N) is 1. The van der Waals surface area contributed by atoms with E-state index >= 15 is 0 Å². The first kappa shape index (κ1) is 22.1. The van der Waals surface area contributed by atoms with Gasteiger partial charge in [0.15, 0.2) is 0 Å². The van der Waals surface area contributed by atoms with Crippen molar-refractivity contribution in [2.75, 3.05) is 5.32 Å². The smallest absolute Gasteiger partial charge is 0.226 e. The van der Waals surface area contributed by atoms with Gasteiger partial charge < -0.3 is 5.32 Å². The van der Waals surface area contributed by atoms with Crippen molar-refractivity contribution in [1.29, 1.82) is 0 Å².